The van der Waals surface area contributed by atoms with Gasteiger partial charge in [0.05, 0.1) is 16.3 Å². The van der Waals surface area contributed by atoms with Gasteiger partial charge in [0.1, 0.15) is 6.54 Å². The highest BCUT2D eigenvalue weighted by Gasteiger charge is 2.23. The third kappa shape index (κ3) is 5.13. The van der Waals surface area contributed by atoms with Crippen molar-refractivity contribution in [1.82, 2.24) is 23.6 Å². The van der Waals surface area contributed by atoms with Gasteiger partial charge in [0.25, 0.3) is 5.56 Å². The summed E-state index contributed by atoms with van der Waals surface area (Å²) in [5, 5.41) is 4.61. The average Bonchev–Trinajstić information content (AvgIpc) is 3.09. The van der Waals surface area contributed by atoms with Gasteiger partial charge in [0, 0.05) is 50.2 Å². The van der Waals surface area contributed by atoms with Gasteiger partial charge in [-0.25, -0.2) is 13.1 Å². The number of sulfonamides is 1. The van der Waals surface area contributed by atoms with Crippen LogP contribution in [0.3, 0.4) is 0 Å². The van der Waals surface area contributed by atoms with Crippen LogP contribution in [0.15, 0.2) is 58.4 Å². The van der Waals surface area contributed by atoms with Gasteiger partial charge in [-0.1, -0.05) is 32.0 Å². The second kappa shape index (κ2) is 10.4. The molecular formula is C24H31N5O4S. The van der Waals surface area contributed by atoms with Gasteiger partial charge in [-0.3, -0.25) is 9.59 Å². The minimum atomic E-state index is -3.74. The number of hydrogen-bond acceptors (Lipinski definition) is 5. The molecule has 182 valence electrons. The van der Waals surface area contributed by atoms with Crippen LogP contribution in [0.25, 0.3) is 5.69 Å². The molecule has 0 aliphatic rings. The molecule has 0 aliphatic heterocycles. The van der Waals surface area contributed by atoms with Gasteiger partial charge in [-0.05, 0) is 32.0 Å². The van der Waals surface area contributed by atoms with Crippen LogP contribution in [0.1, 0.15) is 30.8 Å². The maximum Gasteiger partial charge on any atom is 0.251 e. The lowest BCUT2D eigenvalue weighted by molar-refractivity contribution is -0.131. The summed E-state index contributed by atoms with van der Waals surface area (Å²) in [6, 6.07) is 12.2. The maximum atomic E-state index is 13.0. The predicted octanol–water partition coefficient (Wildman–Crippen LogP) is 2.34. The molecule has 0 spiro atoms. The van der Waals surface area contributed by atoms with Gasteiger partial charge in [0.15, 0.2) is 0 Å². The van der Waals surface area contributed by atoms with Crippen LogP contribution >= 0.6 is 0 Å². The standard InChI is InChI=1S/C24H31N5O4S/c1-6-28(7-2)34(32,33)21-13-14-23(30)27(15-21)17-24(31)26(5)16-22-18(3)25-29(19(22)4)20-11-9-8-10-12-20/h8-15H,6-7,16-17H2,1-5H3. The number of aromatic nitrogens is 3. The minimum absolute atomic E-state index is 0.0120. The molecule has 34 heavy (non-hydrogen) atoms. The first-order valence-corrected chi connectivity index (χ1v) is 12.6. The highest BCUT2D eigenvalue weighted by molar-refractivity contribution is 7.89. The molecule has 10 heteroatoms. The molecule has 0 N–H and O–H groups in total. The Labute approximate surface area is 200 Å². The third-order valence-corrected chi connectivity index (χ3v) is 7.90. The number of amides is 1. The second-order valence-corrected chi connectivity index (χ2v) is 10.0. The Morgan fingerprint density at radius 2 is 1.68 bits per heavy atom. The lowest BCUT2D eigenvalue weighted by Crippen LogP contribution is -2.35. The summed E-state index contributed by atoms with van der Waals surface area (Å²) in [6.07, 6.45) is 1.24. The van der Waals surface area contributed by atoms with E-state index >= 15 is 0 Å². The van der Waals surface area contributed by atoms with E-state index in [1.165, 1.54) is 27.5 Å². The van der Waals surface area contributed by atoms with Gasteiger partial charge >= 0.3 is 0 Å². The Balaban J connectivity index is 1.81. The van der Waals surface area contributed by atoms with Crippen molar-refractivity contribution in [3.05, 3.63) is 76.0 Å². The Kier molecular flexibility index (Phi) is 7.73. The smallest absolute Gasteiger partial charge is 0.251 e. The number of pyridine rings is 1. The number of carbonyl (C=O) groups excluding carboxylic acids is 1. The topological polar surface area (TPSA) is 97.5 Å². The van der Waals surface area contributed by atoms with Gasteiger partial charge in [0.2, 0.25) is 15.9 Å². The molecule has 0 radical (unpaired) electrons. The first-order valence-electron chi connectivity index (χ1n) is 11.1. The number of benzene rings is 1. The summed E-state index contributed by atoms with van der Waals surface area (Å²) < 4.78 is 29.9. The molecule has 2 aromatic heterocycles. The van der Waals surface area contributed by atoms with E-state index in [2.05, 4.69) is 5.10 Å². The molecule has 2 heterocycles. The number of aryl methyl sites for hydroxylation is 1. The van der Waals surface area contributed by atoms with E-state index in [-0.39, 0.29) is 17.3 Å². The number of para-hydroxylation sites is 1. The molecule has 1 amide bonds. The summed E-state index contributed by atoms with van der Waals surface area (Å²) >= 11 is 0. The lowest BCUT2D eigenvalue weighted by atomic mass is 10.2. The summed E-state index contributed by atoms with van der Waals surface area (Å²) in [4.78, 5) is 26.8. The van der Waals surface area contributed by atoms with Crippen molar-refractivity contribution in [3.8, 4) is 5.69 Å². The second-order valence-electron chi connectivity index (χ2n) is 8.07. The quantitative estimate of drug-likeness (QED) is 0.463. The minimum Gasteiger partial charge on any atom is -0.340 e. The predicted molar refractivity (Wildman–Crippen MR) is 130 cm³/mol. The number of carbonyl (C=O) groups is 1. The molecule has 0 fully saturated rings. The number of likely N-dealkylation sites (N-methyl/N-ethyl adjacent to an activating group) is 1. The van der Waals surface area contributed by atoms with Crippen molar-refractivity contribution in [3.63, 3.8) is 0 Å². The van der Waals surface area contributed by atoms with Crippen LogP contribution in [-0.2, 0) is 27.9 Å². The highest BCUT2D eigenvalue weighted by atomic mass is 32.2. The van der Waals surface area contributed by atoms with E-state index in [1.54, 1.807) is 20.9 Å². The third-order valence-electron chi connectivity index (χ3n) is 5.87. The molecule has 0 aliphatic carbocycles. The van der Waals surface area contributed by atoms with E-state index in [0.29, 0.717) is 19.6 Å². The maximum absolute atomic E-state index is 13.0. The molecule has 0 bridgehead atoms. The average molecular weight is 486 g/mol. The van der Waals surface area contributed by atoms with E-state index in [0.717, 1.165) is 27.2 Å². The van der Waals surface area contributed by atoms with Crippen LogP contribution in [-0.4, -0.2) is 58.0 Å². The van der Waals surface area contributed by atoms with E-state index in [9.17, 15) is 18.0 Å². The highest BCUT2D eigenvalue weighted by Crippen LogP contribution is 2.19. The zero-order chi connectivity index (χ0) is 25.0. The molecule has 3 aromatic rings. The number of hydrogen-bond donors (Lipinski definition) is 0. The Morgan fingerprint density at radius 1 is 1.03 bits per heavy atom. The van der Waals surface area contributed by atoms with Crippen LogP contribution in [0.2, 0.25) is 0 Å². The molecule has 1 aromatic carbocycles. The van der Waals surface area contributed by atoms with Crippen LogP contribution in [0.4, 0.5) is 0 Å². The number of rotatable bonds is 9. The zero-order valence-electron chi connectivity index (χ0n) is 20.2. The first-order chi connectivity index (χ1) is 16.1. The fraction of sp³-hybridized carbons (Fsp3) is 0.375. The number of nitrogens with zero attached hydrogens (tertiary/aromatic N) is 5. The van der Waals surface area contributed by atoms with Crippen LogP contribution in [0, 0.1) is 13.8 Å². The van der Waals surface area contributed by atoms with Crippen molar-refractivity contribution >= 4 is 15.9 Å². The van der Waals surface area contributed by atoms with E-state index in [4.69, 9.17) is 0 Å². The molecule has 0 saturated heterocycles. The van der Waals surface area contributed by atoms with Crippen molar-refractivity contribution in [2.24, 2.45) is 0 Å². The molecular weight excluding hydrogens is 454 g/mol. The lowest BCUT2D eigenvalue weighted by Gasteiger charge is -2.20. The van der Waals surface area contributed by atoms with Crippen molar-refractivity contribution < 1.29 is 13.2 Å². The first kappa shape index (κ1) is 25.4. The van der Waals surface area contributed by atoms with E-state index in [1.807, 2.05) is 48.9 Å². The molecule has 3 rings (SSSR count). The van der Waals surface area contributed by atoms with E-state index < -0.39 is 15.6 Å². The van der Waals surface area contributed by atoms with Crippen molar-refractivity contribution in [1.29, 1.82) is 0 Å². The fourth-order valence-corrected chi connectivity index (χ4v) is 5.29. The fourth-order valence-electron chi connectivity index (χ4n) is 3.81. The van der Waals surface area contributed by atoms with Crippen molar-refractivity contribution in [2.45, 2.75) is 45.7 Å². The zero-order valence-corrected chi connectivity index (χ0v) is 21.0. The summed E-state index contributed by atoms with van der Waals surface area (Å²) in [5.41, 5.74) is 3.15. The van der Waals surface area contributed by atoms with Gasteiger partial charge in [-0.2, -0.15) is 9.40 Å². The SMILES string of the molecule is CCN(CC)S(=O)(=O)c1ccc(=O)n(CC(=O)N(C)Cc2c(C)nn(-c3ccccc3)c2C)c1. The molecule has 0 saturated carbocycles. The monoisotopic (exact) mass is 485 g/mol. The Hall–Kier alpha value is -3.24. The summed E-state index contributed by atoms with van der Waals surface area (Å²) in [5.74, 6) is -0.314. The van der Waals surface area contributed by atoms with Crippen LogP contribution < -0.4 is 5.56 Å². The van der Waals surface area contributed by atoms with Crippen LogP contribution in [0.5, 0.6) is 0 Å². The molecule has 9 nitrogen and oxygen atoms in total. The molecule has 0 unspecified atom stereocenters. The summed E-state index contributed by atoms with van der Waals surface area (Å²) in [6.45, 7) is 8.03. The van der Waals surface area contributed by atoms with Gasteiger partial charge in [-0.15, -0.1) is 0 Å². The Morgan fingerprint density at radius 3 is 2.29 bits per heavy atom. The van der Waals surface area contributed by atoms with Gasteiger partial charge < -0.3 is 9.47 Å². The normalized spacial score (nSPS) is 11.7. The molecule has 0 atom stereocenters. The van der Waals surface area contributed by atoms with Crippen molar-refractivity contribution in [2.75, 3.05) is 20.1 Å². The Bertz CT molecular complexity index is 1330. The largest absolute Gasteiger partial charge is 0.340 e. The summed E-state index contributed by atoms with van der Waals surface area (Å²) in [7, 11) is -2.09.